The monoisotopic (exact) mass is 500 g/mol. The van der Waals surface area contributed by atoms with E-state index in [1.165, 1.54) is 11.1 Å². The third-order valence-electron chi connectivity index (χ3n) is 7.36. The van der Waals surface area contributed by atoms with Crippen LogP contribution in [0.2, 0.25) is 0 Å². The van der Waals surface area contributed by atoms with Gasteiger partial charge in [0.05, 0.1) is 17.4 Å². The number of amides is 1. The number of hydrogen-bond acceptors (Lipinski definition) is 5. The molecule has 1 fully saturated rings. The number of carboxylic acid groups (broad SMARTS) is 1. The number of nitrogens with zero attached hydrogens (tertiary/aromatic N) is 2. The molecule has 7 nitrogen and oxygen atoms in total. The molecule has 2 bridgehead atoms. The van der Waals surface area contributed by atoms with Gasteiger partial charge in [-0.1, -0.05) is 48.5 Å². The molecular weight excluding hydrogens is 464 g/mol. The molecule has 1 amide bonds. The fourth-order valence-corrected chi connectivity index (χ4v) is 5.31. The van der Waals surface area contributed by atoms with Crippen LogP contribution >= 0.6 is 0 Å². The Morgan fingerprint density at radius 2 is 1.81 bits per heavy atom. The average Bonchev–Trinajstić information content (AvgIpc) is 3.23. The lowest BCUT2D eigenvalue weighted by atomic mass is 9.90. The minimum Gasteiger partial charge on any atom is -0.481 e. The summed E-state index contributed by atoms with van der Waals surface area (Å²) in [6.45, 7) is 4.72. The Morgan fingerprint density at radius 1 is 1.05 bits per heavy atom. The van der Waals surface area contributed by atoms with Crippen LogP contribution in [-0.2, 0) is 17.6 Å². The molecule has 0 aromatic heterocycles. The van der Waals surface area contributed by atoms with Crippen LogP contribution in [0.5, 0.6) is 0 Å². The Balaban J connectivity index is 0.000000225. The normalized spacial score (nSPS) is 17.4. The summed E-state index contributed by atoms with van der Waals surface area (Å²) in [4.78, 5) is 25.9. The number of benzene rings is 3. The van der Waals surface area contributed by atoms with E-state index in [1.54, 1.807) is 5.01 Å². The van der Waals surface area contributed by atoms with Crippen LogP contribution in [0, 0.1) is 6.92 Å². The zero-order valence-corrected chi connectivity index (χ0v) is 21.6. The largest absolute Gasteiger partial charge is 0.481 e. The van der Waals surface area contributed by atoms with E-state index >= 15 is 0 Å². The first-order chi connectivity index (χ1) is 17.8. The minimum absolute atomic E-state index is 0.106. The second-order valence-corrected chi connectivity index (χ2v) is 9.75. The van der Waals surface area contributed by atoms with Gasteiger partial charge in [0.15, 0.2) is 0 Å². The number of aryl methyl sites for hydroxylation is 2. The van der Waals surface area contributed by atoms with Gasteiger partial charge in [-0.05, 0) is 80.0 Å². The molecule has 2 heterocycles. The molecule has 0 spiro atoms. The number of nitrogens with two attached hydrogens (primary N) is 2. The molecule has 2 unspecified atom stereocenters. The number of aliphatic carboxylic acids is 1. The van der Waals surface area contributed by atoms with E-state index in [0.717, 1.165) is 53.9 Å². The molecule has 5 rings (SSSR count). The second kappa shape index (κ2) is 11.5. The van der Waals surface area contributed by atoms with Gasteiger partial charge < -0.3 is 20.7 Å². The summed E-state index contributed by atoms with van der Waals surface area (Å²) in [6.07, 6.45) is 3.58. The lowest BCUT2D eigenvalue weighted by molar-refractivity contribution is -0.136. The molecule has 5 N–H and O–H groups in total. The first-order valence-corrected chi connectivity index (χ1v) is 12.9. The summed E-state index contributed by atoms with van der Waals surface area (Å²) in [5.41, 5.74) is 12.9. The van der Waals surface area contributed by atoms with E-state index in [-0.39, 0.29) is 24.4 Å². The number of para-hydroxylation sites is 1. The second-order valence-electron chi connectivity index (χ2n) is 9.75. The van der Waals surface area contributed by atoms with E-state index in [0.29, 0.717) is 6.42 Å². The minimum atomic E-state index is -0.778. The van der Waals surface area contributed by atoms with Crippen molar-refractivity contribution in [3.05, 3.63) is 94.5 Å². The van der Waals surface area contributed by atoms with Crippen molar-refractivity contribution in [1.29, 1.82) is 0 Å². The Labute approximate surface area is 218 Å². The van der Waals surface area contributed by atoms with Crippen LogP contribution in [0.4, 0.5) is 11.4 Å². The molecule has 3 aromatic carbocycles. The summed E-state index contributed by atoms with van der Waals surface area (Å²) in [5.74, 6) is 5.05. The van der Waals surface area contributed by atoms with Crippen LogP contribution < -0.4 is 16.6 Å². The lowest BCUT2D eigenvalue weighted by Crippen LogP contribution is -2.41. The third-order valence-corrected chi connectivity index (χ3v) is 7.36. The summed E-state index contributed by atoms with van der Waals surface area (Å²) in [6, 6.07) is 22.0. The zero-order chi connectivity index (χ0) is 26.5. The predicted molar refractivity (Wildman–Crippen MR) is 147 cm³/mol. The smallest absolute Gasteiger partial charge is 0.303 e. The molecule has 2 aliphatic rings. The molecule has 2 aliphatic heterocycles. The van der Waals surface area contributed by atoms with E-state index in [9.17, 15) is 9.59 Å². The number of carbonyl (C=O) groups excluding carboxylic acids is 1. The molecule has 0 radical (unpaired) electrons. The molecule has 1 saturated heterocycles. The highest BCUT2D eigenvalue weighted by Crippen LogP contribution is 2.44. The first kappa shape index (κ1) is 26.2. The zero-order valence-electron chi connectivity index (χ0n) is 21.6. The van der Waals surface area contributed by atoms with Crippen molar-refractivity contribution >= 4 is 23.3 Å². The van der Waals surface area contributed by atoms with E-state index in [2.05, 4.69) is 17.0 Å². The molecule has 194 valence electrons. The number of fused-ring (bicyclic) bond motifs is 4. The number of rotatable bonds is 6. The molecule has 3 aromatic rings. The van der Waals surface area contributed by atoms with E-state index in [4.69, 9.17) is 16.7 Å². The highest BCUT2D eigenvalue weighted by Gasteiger charge is 2.42. The Morgan fingerprint density at radius 3 is 2.51 bits per heavy atom. The van der Waals surface area contributed by atoms with Gasteiger partial charge in [-0.2, -0.15) is 0 Å². The number of carbonyl (C=O) groups is 2. The topological polar surface area (TPSA) is 113 Å². The SMILES string of the molecule is CCN(N)c1cccc(C)c1N.O=C(O)CCc1ccc2c(c1)C1CCC(C2)N1C(=O)c1ccccc1. The quantitative estimate of drug-likeness (QED) is 0.253. The number of hydrazine groups is 1. The van der Waals surface area contributed by atoms with Gasteiger partial charge in [0, 0.05) is 24.6 Å². The summed E-state index contributed by atoms with van der Waals surface area (Å²) in [5, 5.41) is 10.5. The van der Waals surface area contributed by atoms with Crippen LogP contribution in [0.25, 0.3) is 0 Å². The van der Waals surface area contributed by atoms with Crippen molar-refractivity contribution in [3.63, 3.8) is 0 Å². The van der Waals surface area contributed by atoms with Crippen LogP contribution in [0.15, 0.2) is 66.7 Å². The van der Waals surface area contributed by atoms with Crippen LogP contribution in [-0.4, -0.2) is 34.5 Å². The molecule has 2 atom stereocenters. The van der Waals surface area contributed by atoms with Gasteiger partial charge in [0.1, 0.15) is 0 Å². The molecule has 7 heteroatoms. The number of anilines is 2. The highest BCUT2D eigenvalue weighted by molar-refractivity contribution is 5.95. The van der Waals surface area contributed by atoms with E-state index in [1.807, 2.05) is 68.4 Å². The summed E-state index contributed by atoms with van der Waals surface area (Å²) < 4.78 is 0. The maximum absolute atomic E-state index is 13.0. The molecule has 0 aliphatic carbocycles. The Hall–Kier alpha value is -3.84. The fourth-order valence-electron chi connectivity index (χ4n) is 5.31. The van der Waals surface area contributed by atoms with Gasteiger partial charge in [-0.15, -0.1) is 0 Å². The van der Waals surface area contributed by atoms with Crippen LogP contribution in [0.1, 0.15) is 64.8 Å². The molecule has 0 saturated carbocycles. The van der Waals surface area contributed by atoms with Crippen molar-refractivity contribution in [1.82, 2.24) is 4.90 Å². The van der Waals surface area contributed by atoms with Crippen LogP contribution in [0.3, 0.4) is 0 Å². The maximum Gasteiger partial charge on any atom is 0.303 e. The Bertz CT molecular complexity index is 1260. The third kappa shape index (κ3) is 5.78. The number of carboxylic acids is 1. The highest BCUT2D eigenvalue weighted by atomic mass is 16.4. The average molecular weight is 501 g/mol. The lowest BCUT2D eigenvalue weighted by Gasteiger charge is -2.37. The number of hydrogen-bond donors (Lipinski definition) is 3. The van der Waals surface area contributed by atoms with Gasteiger partial charge in [-0.25, -0.2) is 5.84 Å². The summed E-state index contributed by atoms with van der Waals surface area (Å²) >= 11 is 0. The molecule has 37 heavy (non-hydrogen) atoms. The number of nitrogen functional groups attached to an aromatic ring is 1. The van der Waals surface area contributed by atoms with Crippen molar-refractivity contribution < 1.29 is 14.7 Å². The van der Waals surface area contributed by atoms with Crippen molar-refractivity contribution in [2.45, 2.75) is 58.0 Å². The predicted octanol–water partition coefficient (Wildman–Crippen LogP) is 4.88. The maximum atomic E-state index is 13.0. The first-order valence-electron chi connectivity index (χ1n) is 12.9. The molecular formula is C30H36N4O3. The van der Waals surface area contributed by atoms with Crippen molar-refractivity contribution in [3.8, 4) is 0 Å². The Kier molecular flexibility index (Phi) is 8.14. The van der Waals surface area contributed by atoms with Gasteiger partial charge in [-0.3, -0.25) is 9.59 Å². The summed E-state index contributed by atoms with van der Waals surface area (Å²) in [7, 11) is 0. The van der Waals surface area contributed by atoms with Crippen molar-refractivity contribution in [2.75, 3.05) is 17.3 Å². The van der Waals surface area contributed by atoms with E-state index < -0.39 is 5.97 Å². The fraction of sp³-hybridized carbons (Fsp3) is 0.333. The van der Waals surface area contributed by atoms with Gasteiger partial charge >= 0.3 is 5.97 Å². The van der Waals surface area contributed by atoms with Gasteiger partial charge in [0.2, 0.25) is 0 Å². The van der Waals surface area contributed by atoms with Gasteiger partial charge in [0.25, 0.3) is 5.91 Å². The van der Waals surface area contributed by atoms with Crippen molar-refractivity contribution in [2.24, 2.45) is 5.84 Å². The standard InChI is InChI=1S/C21H21NO3.C9H15N3/c23-20(24)11-7-14-6-8-16-13-17-9-10-19(18(16)12-14)22(17)21(25)15-4-2-1-3-5-15;1-3-12(11)8-6-4-5-7(2)9(8)10/h1-6,8,12,17,19H,7,9-11,13H2,(H,23,24);4-6H,3,10-11H2,1-2H3.